The van der Waals surface area contributed by atoms with Crippen molar-refractivity contribution in [1.82, 2.24) is 9.88 Å². The molecule has 9 nitrogen and oxygen atoms in total. The van der Waals surface area contributed by atoms with Gasteiger partial charge in [-0.1, -0.05) is 6.92 Å². The van der Waals surface area contributed by atoms with Gasteiger partial charge in [0.2, 0.25) is 0 Å². The number of amides is 1. The van der Waals surface area contributed by atoms with E-state index in [9.17, 15) is 19.7 Å². The van der Waals surface area contributed by atoms with E-state index in [1.807, 2.05) is 6.92 Å². The molecule has 1 atom stereocenters. The maximum atomic E-state index is 12.1. The summed E-state index contributed by atoms with van der Waals surface area (Å²) in [5.41, 5.74) is -0.213. The van der Waals surface area contributed by atoms with Crippen LogP contribution >= 0.6 is 0 Å². The molecule has 1 rings (SSSR count). The van der Waals surface area contributed by atoms with Gasteiger partial charge in [-0.25, -0.2) is 4.79 Å². The van der Waals surface area contributed by atoms with Crippen LogP contribution in [-0.4, -0.2) is 44.2 Å². The lowest BCUT2D eigenvalue weighted by Gasteiger charge is -2.14. The summed E-state index contributed by atoms with van der Waals surface area (Å²) in [5.74, 6) is -2.00. The van der Waals surface area contributed by atoms with Gasteiger partial charge < -0.3 is 20.1 Å². The Bertz CT molecular complexity index is 539. The number of aliphatic hydroxyl groups is 1. The molecule has 0 spiro atoms. The molecule has 0 saturated carbocycles. The van der Waals surface area contributed by atoms with Crippen LogP contribution in [0.3, 0.4) is 0 Å². The quantitative estimate of drug-likeness (QED) is 0.469. The maximum Gasteiger partial charge on any atom is 0.326 e. The van der Waals surface area contributed by atoms with E-state index in [2.05, 4.69) is 5.32 Å². The molecule has 116 valence electrons. The number of aryl methyl sites for hydroxylation is 1. The van der Waals surface area contributed by atoms with Crippen molar-refractivity contribution in [2.75, 3.05) is 6.61 Å². The number of aliphatic hydroxyl groups excluding tert-OH is 1. The summed E-state index contributed by atoms with van der Waals surface area (Å²) >= 11 is 0. The molecule has 3 N–H and O–H groups in total. The predicted octanol–water partition coefficient (Wildman–Crippen LogP) is 0.372. The largest absolute Gasteiger partial charge is 0.480 e. The highest BCUT2D eigenvalue weighted by Crippen LogP contribution is 2.17. The van der Waals surface area contributed by atoms with Gasteiger partial charge in [0.1, 0.15) is 11.7 Å². The Morgan fingerprint density at radius 2 is 2.19 bits per heavy atom. The van der Waals surface area contributed by atoms with Gasteiger partial charge in [-0.2, -0.15) is 0 Å². The zero-order valence-corrected chi connectivity index (χ0v) is 11.5. The van der Waals surface area contributed by atoms with E-state index in [1.54, 1.807) is 0 Å². The minimum atomic E-state index is -1.28. The smallest absolute Gasteiger partial charge is 0.326 e. The summed E-state index contributed by atoms with van der Waals surface area (Å²) in [6, 6.07) is -0.144. The molecule has 9 heteroatoms. The monoisotopic (exact) mass is 299 g/mol. The number of carboxylic acids is 1. The Hall–Kier alpha value is -2.42. The fourth-order valence-electron chi connectivity index (χ4n) is 1.83. The first kappa shape index (κ1) is 16.6. The van der Waals surface area contributed by atoms with E-state index in [0.29, 0.717) is 13.0 Å². The summed E-state index contributed by atoms with van der Waals surface area (Å²) in [6.07, 6.45) is 1.75. The van der Waals surface area contributed by atoms with Crippen molar-refractivity contribution in [3.8, 4) is 0 Å². The van der Waals surface area contributed by atoms with Crippen LogP contribution in [0, 0.1) is 10.1 Å². The fraction of sp³-hybridized carbons (Fsp3) is 0.500. The second-order valence-corrected chi connectivity index (χ2v) is 4.41. The standard InChI is InChI=1S/C12H17N3O6/c1-2-4-14-7-8(15(20)21)6-10(14)11(17)13-9(3-5-16)12(18)19/h6-7,9,16H,2-5H2,1H3,(H,13,17)(H,18,19)/t9-/m0/s1. The summed E-state index contributed by atoms with van der Waals surface area (Å²) in [4.78, 5) is 33.1. The van der Waals surface area contributed by atoms with Gasteiger partial charge in [0.15, 0.2) is 0 Å². The summed E-state index contributed by atoms with van der Waals surface area (Å²) in [5, 5.41) is 30.7. The minimum Gasteiger partial charge on any atom is -0.480 e. The topological polar surface area (TPSA) is 135 Å². The predicted molar refractivity (Wildman–Crippen MR) is 72.0 cm³/mol. The Balaban J connectivity index is 2.99. The van der Waals surface area contributed by atoms with Crippen molar-refractivity contribution in [2.45, 2.75) is 32.4 Å². The number of aromatic nitrogens is 1. The van der Waals surface area contributed by atoms with E-state index >= 15 is 0 Å². The van der Waals surface area contributed by atoms with Crippen LogP contribution in [-0.2, 0) is 11.3 Å². The number of carboxylic acid groups (broad SMARTS) is 1. The highest BCUT2D eigenvalue weighted by molar-refractivity contribution is 5.96. The van der Waals surface area contributed by atoms with Crippen LogP contribution < -0.4 is 5.32 Å². The second kappa shape index (κ2) is 7.39. The molecule has 0 radical (unpaired) electrons. The summed E-state index contributed by atoms with van der Waals surface area (Å²) in [7, 11) is 0. The van der Waals surface area contributed by atoms with Gasteiger partial charge in [0.05, 0.1) is 11.1 Å². The molecule has 1 aromatic heterocycles. The zero-order valence-electron chi connectivity index (χ0n) is 11.5. The molecule has 0 aliphatic heterocycles. The number of rotatable bonds is 8. The average Bonchev–Trinajstić information content (AvgIpc) is 2.82. The summed E-state index contributed by atoms with van der Waals surface area (Å²) < 4.78 is 1.41. The third-order valence-corrected chi connectivity index (χ3v) is 2.81. The van der Waals surface area contributed by atoms with Crippen molar-refractivity contribution >= 4 is 17.6 Å². The minimum absolute atomic E-state index is 0.0211. The van der Waals surface area contributed by atoms with Crippen molar-refractivity contribution in [3.05, 3.63) is 28.1 Å². The van der Waals surface area contributed by atoms with Crippen LogP contribution in [0.4, 0.5) is 5.69 Å². The van der Waals surface area contributed by atoms with Crippen molar-refractivity contribution < 1.29 is 24.7 Å². The molecule has 0 bridgehead atoms. The second-order valence-electron chi connectivity index (χ2n) is 4.41. The zero-order chi connectivity index (χ0) is 16.0. The van der Waals surface area contributed by atoms with Crippen LogP contribution in [0.1, 0.15) is 30.3 Å². The maximum absolute atomic E-state index is 12.1. The number of hydrogen-bond donors (Lipinski definition) is 3. The van der Waals surface area contributed by atoms with Gasteiger partial charge >= 0.3 is 5.97 Å². The third-order valence-electron chi connectivity index (χ3n) is 2.81. The Morgan fingerprint density at radius 1 is 1.52 bits per heavy atom. The Morgan fingerprint density at radius 3 is 2.67 bits per heavy atom. The molecule has 0 fully saturated rings. The lowest BCUT2D eigenvalue weighted by atomic mass is 10.2. The SMILES string of the molecule is CCCn1cc([N+](=O)[O-])cc1C(=O)N[C@@H](CCO)C(=O)O. The number of carbonyl (C=O) groups is 2. The molecule has 0 aliphatic rings. The van der Waals surface area contributed by atoms with E-state index < -0.39 is 29.4 Å². The van der Waals surface area contributed by atoms with Gasteiger partial charge in [-0.05, 0) is 6.42 Å². The number of carbonyl (C=O) groups excluding carboxylic acids is 1. The Kier molecular flexibility index (Phi) is 5.85. The van der Waals surface area contributed by atoms with E-state index in [0.717, 1.165) is 6.07 Å². The highest BCUT2D eigenvalue weighted by Gasteiger charge is 2.24. The van der Waals surface area contributed by atoms with E-state index in [4.69, 9.17) is 10.2 Å². The Labute approximate surface area is 120 Å². The van der Waals surface area contributed by atoms with Crippen LogP contribution in [0.15, 0.2) is 12.3 Å². The van der Waals surface area contributed by atoms with Crippen molar-refractivity contribution in [2.24, 2.45) is 0 Å². The molecular weight excluding hydrogens is 282 g/mol. The lowest BCUT2D eigenvalue weighted by molar-refractivity contribution is -0.384. The summed E-state index contributed by atoms with van der Waals surface area (Å²) in [6.45, 7) is 1.85. The third kappa shape index (κ3) is 4.28. The molecule has 0 aliphatic carbocycles. The van der Waals surface area contributed by atoms with Gasteiger partial charge in [-0.15, -0.1) is 0 Å². The van der Waals surface area contributed by atoms with E-state index in [1.165, 1.54) is 10.8 Å². The molecule has 0 unspecified atom stereocenters. The van der Waals surface area contributed by atoms with E-state index in [-0.39, 0.29) is 17.8 Å². The lowest BCUT2D eigenvalue weighted by Crippen LogP contribution is -2.42. The number of nitro groups is 1. The molecular formula is C12H17N3O6. The van der Waals surface area contributed by atoms with Crippen molar-refractivity contribution in [1.29, 1.82) is 0 Å². The highest BCUT2D eigenvalue weighted by atomic mass is 16.6. The first-order valence-electron chi connectivity index (χ1n) is 6.39. The van der Waals surface area contributed by atoms with Crippen LogP contribution in [0.25, 0.3) is 0 Å². The first-order valence-corrected chi connectivity index (χ1v) is 6.39. The molecule has 0 aromatic carbocycles. The van der Waals surface area contributed by atoms with Crippen molar-refractivity contribution in [3.63, 3.8) is 0 Å². The molecule has 1 amide bonds. The normalized spacial score (nSPS) is 11.9. The first-order chi connectivity index (χ1) is 9.90. The van der Waals surface area contributed by atoms with Gasteiger partial charge in [-0.3, -0.25) is 14.9 Å². The molecule has 1 aromatic rings. The van der Waals surface area contributed by atoms with Crippen LogP contribution in [0.2, 0.25) is 0 Å². The number of nitrogens with zero attached hydrogens (tertiary/aromatic N) is 2. The number of aliphatic carboxylic acids is 1. The number of nitrogens with one attached hydrogen (secondary N) is 1. The molecule has 1 heterocycles. The fourth-order valence-corrected chi connectivity index (χ4v) is 1.83. The molecule has 21 heavy (non-hydrogen) atoms. The van der Waals surface area contributed by atoms with Gasteiger partial charge in [0.25, 0.3) is 11.6 Å². The van der Waals surface area contributed by atoms with Crippen LogP contribution in [0.5, 0.6) is 0 Å². The average molecular weight is 299 g/mol. The number of hydrogen-bond acceptors (Lipinski definition) is 5. The molecule has 0 saturated heterocycles. The van der Waals surface area contributed by atoms with Gasteiger partial charge in [0, 0.05) is 25.6 Å².